The first kappa shape index (κ1) is 17.7. The fraction of sp³-hybridized carbons (Fsp3) is 0. The summed E-state index contributed by atoms with van der Waals surface area (Å²) in [6.45, 7) is 0. The molecule has 0 atom stereocenters. The van der Waals surface area contributed by atoms with Crippen molar-refractivity contribution in [2.75, 3.05) is 0 Å². The molecule has 0 aromatic carbocycles. The van der Waals surface area contributed by atoms with Gasteiger partial charge in [-0.05, 0) is 10.1 Å². The monoisotopic (exact) mass is 120 g/mol. The summed E-state index contributed by atoms with van der Waals surface area (Å²) in [6, 6.07) is 0. The zero-order valence-corrected chi connectivity index (χ0v) is 5.64. The molecular formula is H6AlBSiTi. The fourth-order valence-electron chi connectivity index (χ4n) is 0. The largest absolute Gasteiger partial charge is 0.187 e. The van der Waals surface area contributed by atoms with E-state index in [1.807, 2.05) is 0 Å². The van der Waals surface area contributed by atoms with Crippen LogP contribution in [0, 0.1) is 0 Å². The second-order valence-corrected chi connectivity index (χ2v) is 0. The molecule has 0 amide bonds. The van der Waals surface area contributed by atoms with Gasteiger partial charge in [-0.1, -0.05) is 0 Å². The molecule has 0 aliphatic rings. The molecule has 0 aromatic rings. The SMILES string of the molecule is [AlH3].[B][SiH3].[Ti]. The van der Waals surface area contributed by atoms with Crippen molar-refractivity contribution in [3.8, 4) is 0 Å². The average Bonchev–Trinajstić information content (AvgIpc) is 1.00. The molecule has 0 fully saturated rings. The summed E-state index contributed by atoms with van der Waals surface area (Å²) in [5, 5.41) is 0. The molecule has 0 spiro atoms. The van der Waals surface area contributed by atoms with Gasteiger partial charge in [-0.15, -0.1) is 0 Å². The molecule has 0 nitrogen and oxygen atoms in total. The second-order valence-electron chi connectivity index (χ2n) is 0. The van der Waals surface area contributed by atoms with E-state index in [-0.39, 0.29) is 39.1 Å². The van der Waals surface area contributed by atoms with E-state index in [0.717, 1.165) is 10.1 Å². The molecule has 0 heterocycles. The Morgan fingerprint density at radius 2 is 1.25 bits per heavy atom. The van der Waals surface area contributed by atoms with Crippen molar-refractivity contribution < 1.29 is 21.7 Å². The molecule has 0 aliphatic heterocycles. The summed E-state index contributed by atoms with van der Waals surface area (Å²) in [5.74, 6) is 0. The van der Waals surface area contributed by atoms with Crippen LogP contribution in [0.25, 0.3) is 0 Å². The number of hydrogen-bond acceptors (Lipinski definition) is 0. The minimum Gasteiger partial charge on any atom is -0.0388 e. The molecule has 0 N–H and O–H groups in total. The molecule has 0 aromatic heterocycles. The van der Waals surface area contributed by atoms with Crippen LogP contribution in [-0.4, -0.2) is 34.9 Å². The van der Waals surface area contributed by atoms with Gasteiger partial charge in [-0.2, -0.15) is 0 Å². The molecule has 0 rings (SSSR count). The standard InChI is InChI=1S/Al.BH3Si.Ti.3H/c;1-2;;;;/h;2H3;;;;. The van der Waals surface area contributed by atoms with Crippen molar-refractivity contribution in [3.05, 3.63) is 0 Å². The summed E-state index contributed by atoms with van der Waals surface area (Å²) >= 11 is 0. The van der Waals surface area contributed by atoms with Crippen LogP contribution in [0.15, 0.2) is 0 Å². The Bertz CT molecular complexity index is 8.00. The van der Waals surface area contributed by atoms with Crippen LogP contribution >= 0.6 is 0 Å². The Balaban J connectivity index is -0.00000000500. The Kier molecular flexibility index (Phi) is 107. The summed E-state index contributed by atoms with van der Waals surface area (Å²) < 4.78 is 0. The quantitative estimate of drug-likeness (QED) is 0.304. The van der Waals surface area contributed by atoms with Gasteiger partial charge >= 0.3 is 0 Å². The van der Waals surface area contributed by atoms with E-state index in [4.69, 9.17) is 0 Å². The average molecular weight is 120 g/mol. The maximum absolute atomic E-state index is 4.64. The molecule has 0 saturated heterocycles. The molecule has 0 bridgehead atoms. The Morgan fingerprint density at radius 3 is 1.25 bits per heavy atom. The zero-order chi connectivity index (χ0) is 2.00. The smallest absolute Gasteiger partial charge is 0.0388 e. The summed E-state index contributed by atoms with van der Waals surface area (Å²) in [7, 11) is 5.44. The van der Waals surface area contributed by atoms with E-state index < -0.39 is 0 Å². The van der Waals surface area contributed by atoms with Crippen LogP contribution in [0.5, 0.6) is 0 Å². The number of rotatable bonds is 0. The van der Waals surface area contributed by atoms with Gasteiger partial charge in [-0.25, -0.2) is 0 Å². The molecular weight excluding hydrogens is 114 g/mol. The van der Waals surface area contributed by atoms with Crippen LogP contribution in [0.1, 0.15) is 0 Å². The Morgan fingerprint density at radius 1 is 1.25 bits per heavy atom. The summed E-state index contributed by atoms with van der Waals surface area (Å²) in [6.07, 6.45) is 0. The first-order valence-electron chi connectivity index (χ1n) is 0.577. The van der Waals surface area contributed by atoms with Crippen molar-refractivity contribution in [1.29, 1.82) is 0 Å². The van der Waals surface area contributed by atoms with Crippen molar-refractivity contribution in [1.82, 2.24) is 0 Å². The van der Waals surface area contributed by atoms with Gasteiger partial charge in [0.25, 0.3) is 0 Å². The van der Waals surface area contributed by atoms with E-state index in [1.54, 1.807) is 0 Å². The third-order valence-electron chi connectivity index (χ3n) is 0. The minimum absolute atomic E-state index is 0. The van der Waals surface area contributed by atoms with Crippen LogP contribution in [0.3, 0.4) is 0 Å². The van der Waals surface area contributed by atoms with Crippen molar-refractivity contribution in [3.63, 3.8) is 0 Å². The van der Waals surface area contributed by atoms with Gasteiger partial charge in [0.05, 0.1) is 0 Å². The van der Waals surface area contributed by atoms with Crippen LogP contribution < -0.4 is 0 Å². The molecule has 20 valence electrons. The normalized spacial score (nSPS) is 2.00. The van der Waals surface area contributed by atoms with Crippen LogP contribution in [0.4, 0.5) is 0 Å². The number of hydrogen-bond donors (Lipinski definition) is 0. The van der Waals surface area contributed by atoms with E-state index in [1.165, 1.54) is 0 Å². The third kappa shape index (κ3) is 9.66. The minimum atomic E-state index is 0. The molecule has 0 unspecified atom stereocenters. The van der Waals surface area contributed by atoms with Crippen LogP contribution in [-0.2, 0) is 21.7 Å². The van der Waals surface area contributed by atoms with Gasteiger partial charge in [0.2, 0.25) is 0 Å². The molecule has 0 saturated carbocycles. The topological polar surface area (TPSA) is 0 Å². The maximum atomic E-state index is 4.64. The van der Waals surface area contributed by atoms with Gasteiger partial charge in [0.1, 0.15) is 0 Å². The van der Waals surface area contributed by atoms with Crippen LogP contribution in [0.2, 0.25) is 0 Å². The van der Waals surface area contributed by atoms with Crippen molar-refractivity contribution in [2.45, 2.75) is 0 Å². The van der Waals surface area contributed by atoms with Crippen molar-refractivity contribution in [2.24, 2.45) is 0 Å². The van der Waals surface area contributed by atoms with Crippen molar-refractivity contribution >= 4 is 34.9 Å². The van der Waals surface area contributed by atoms with E-state index >= 15 is 0 Å². The molecule has 0 aliphatic carbocycles. The van der Waals surface area contributed by atoms with Gasteiger partial charge in [0, 0.05) is 29.2 Å². The van der Waals surface area contributed by atoms with E-state index in [0.29, 0.717) is 0 Å². The second kappa shape index (κ2) is 24.1. The predicted octanol–water partition coefficient (Wildman–Crippen LogP) is -2.75. The zero-order valence-electron chi connectivity index (χ0n) is 2.08. The fourth-order valence-corrected chi connectivity index (χ4v) is 0. The molecule has 4 heavy (non-hydrogen) atoms. The third-order valence-corrected chi connectivity index (χ3v) is 0. The Hall–Kier alpha value is 1.53. The Labute approximate surface area is 56.5 Å². The predicted molar refractivity (Wildman–Crippen MR) is 25.6 cm³/mol. The van der Waals surface area contributed by atoms with Gasteiger partial charge < -0.3 is 0 Å². The molecule has 4 heteroatoms. The first-order valence-corrected chi connectivity index (χ1v) is 1.73. The van der Waals surface area contributed by atoms with E-state index in [2.05, 4.69) is 7.44 Å². The first-order chi connectivity index (χ1) is 1.00. The maximum Gasteiger partial charge on any atom is 0.187 e. The molecule has 2 radical (unpaired) electrons. The van der Waals surface area contributed by atoms with Gasteiger partial charge in [-0.3, -0.25) is 0 Å². The van der Waals surface area contributed by atoms with E-state index in [9.17, 15) is 0 Å². The summed E-state index contributed by atoms with van der Waals surface area (Å²) in [4.78, 5) is 0. The van der Waals surface area contributed by atoms with Gasteiger partial charge in [0.15, 0.2) is 17.4 Å². The summed E-state index contributed by atoms with van der Waals surface area (Å²) in [5.41, 5.74) is 0.